The minimum atomic E-state index is -0.424. The number of carbonyl (C=O) groups is 1. The first kappa shape index (κ1) is 9.62. The van der Waals surface area contributed by atoms with E-state index in [1.54, 1.807) is 6.07 Å². The van der Waals surface area contributed by atoms with Crippen LogP contribution in [0.25, 0.3) is 0 Å². The number of hydrogen-bond acceptors (Lipinski definition) is 2. The summed E-state index contributed by atoms with van der Waals surface area (Å²) in [6, 6.07) is 2.51. The molecule has 0 saturated heterocycles. The first-order valence-electron chi connectivity index (χ1n) is 4.39. The van der Waals surface area contributed by atoms with Crippen molar-refractivity contribution >= 4 is 17.9 Å². The number of aldehydes is 1. The summed E-state index contributed by atoms with van der Waals surface area (Å²) >= 11 is 5.72. The highest BCUT2D eigenvalue weighted by Crippen LogP contribution is 2.27. The molecule has 2 rings (SSSR count). The Balaban J connectivity index is 2.56. The first-order valence-corrected chi connectivity index (χ1v) is 4.76. The summed E-state index contributed by atoms with van der Waals surface area (Å²) in [5.74, 6) is -0.319. The minimum Gasteiger partial charge on any atom is -0.304 e. The molecule has 0 fully saturated rings. The Hall–Kier alpha value is -0.930. The Bertz CT molecular complexity index is 381. The van der Waals surface area contributed by atoms with Crippen LogP contribution in [0, 0.1) is 5.82 Å². The third kappa shape index (κ3) is 1.53. The molecule has 1 aromatic rings. The van der Waals surface area contributed by atoms with Crippen LogP contribution in [0.15, 0.2) is 12.1 Å². The Morgan fingerprint density at radius 3 is 3.07 bits per heavy atom. The number of halogens is 2. The van der Waals surface area contributed by atoms with Gasteiger partial charge in [0.05, 0.1) is 6.04 Å². The molecule has 14 heavy (non-hydrogen) atoms. The van der Waals surface area contributed by atoms with Crippen LogP contribution in [-0.4, -0.2) is 12.8 Å². The van der Waals surface area contributed by atoms with E-state index in [4.69, 9.17) is 11.6 Å². The number of hydrogen-bond donors (Lipinski definition) is 1. The fraction of sp³-hybridized carbons (Fsp3) is 0.300. The zero-order valence-corrected chi connectivity index (χ0v) is 8.14. The van der Waals surface area contributed by atoms with Crippen LogP contribution in [0.4, 0.5) is 4.39 Å². The van der Waals surface area contributed by atoms with Crippen LogP contribution in [0.1, 0.15) is 17.2 Å². The molecule has 1 aliphatic rings. The molecule has 74 valence electrons. The lowest BCUT2D eigenvalue weighted by Crippen LogP contribution is -2.31. The van der Waals surface area contributed by atoms with Crippen LogP contribution in [-0.2, 0) is 11.2 Å². The van der Waals surface area contributed by atoms with E-state index in [1.165, 1.54) is 6.07 Å². The van der Waals surface area contributed by atoms with Gasteiger partial charge in [-0.05, 0) is 29.7 Å². The van der Waals surface area contributed by atoms with E-state index in [0.29, 0.717) is 29.1 Å². The van der Waals surface area contributed by atoms with Gasteiger partial charge in [-0.15, -0.1) is 0 Å². The molecule has 0 amide bonds. The Morgan fingerprint density at radius 2 is 2.36 bits per heavy atom. The Kier molecular flexibility index (Phi) is 2.52. The summed E-state index contributed by atoms with van der Waals surface area (Å²) in [6.07, 6.45) is 1.37. The molecule has 0 saturated carbocycles. The third-order valence-corrected chi connectivity index (χ3v) is 2.62. The van der Waals surface area contributed by atoms with Crippen molar-refractivity contribution in [3.8, 4) is 0 Å². The van der Waals surface area contributed by atoms with Gasteiger partial charge in [0, 0.05) is 11.6 Å². The molecule has 4 heteroatoms. The molecule has 1 atom stereocenters. The average Bonchev–Trinajstić information content (AvgIpc) is 2.17. The molecule has 0 aromatic heterocycles. The molecule has 1 aliphatic heterocycles. The molecule has 1 aromatic carbocycles. The summed E-state index contributed by atoms with van der Waals surface area (Å²) in [6.45, 7) is 0.620. The van der Waals surface area contributed by atoms with Gasteiger partial charge in [0.15, 0.2) is 0 Å². The summed E-state index contributed by atoms with van der Waals surface area (Å²) in [5.41, 5.74) is 1.27. The maximum Gasteiger partial charge on any atom is 0.141 e. The molecule has 0 aliphatic carbocycles. The molecule has 0 spiro atoms. The topological polar surface area (TPSA) is 29.1 Å². The molecule has 1 N–H and O–H groups in total. The fourth-order valence-electron chi connectivity index (χ4n) is 1.75. The molecular formula is C10H9ClFNO. The van der Waals surface area contributed by atoms with Crippen LogP contribution in [0.5, 0.6) is 0 Å². The normalized spacial score (nSPS) is 20.3. The predicted molar refractivity (Wildman–Crippen MR) is 51.9 cm³/mol. The second-order valence-electron chi connectivity index (χ2n) is 3.27. The number of carbonyl (C=O) groups excluding carboxylic acids is 1. The molecule has 0 bridgehead atoms. The summed E-state index contributed by atoms with van der Waals surface area (Å²) in [7, 11) is 0. The minimum absolute atomic E-state index is 0.319. The Labute approximate surface area is 86.1 Å². The second kappa shape index (κ2) is 3.67. The largest absolute Gasteiger partial charge is 0.304 e. The van der Waals surface area contributed by atoms with Gasteiger partial charge in [0.25, 0.3) is 0 Å². The molecule has 1 unspecified atom stereocenters. The summed E-state index contributed by atoms with van der Waals surface area (Å²) in [5, 5.41) is 3.32. The summed E-state index contributed by atoms with van der Waals surface area (Å²) in [4.78, 5) is 10.7. The molecule has 2 nitrogen and oxygen atoms in total. The summed E-state index contributed by atoms with van der Waals surface area (Å²) < 4.78 is 13.4. The van der Waals surface area contributed by atoms with Gasteiger partial charge >= 0.3 is 0 Å². The predicted octanol–water partition coefficient (Wildman–Crippen LogP) is 1.86. The quantitative estimate of drug-likeness (QED) is 0.722. The van der Waals surface area contributed by atoms with Gasteiger partial charge in [0.1, 0.15) is 12.1 Å². The van der Waals surface area contributed by atoms with E-state index >= 15 is 0 Å². The van der Waals surface area contributed by atoms with E-state index in [2.05, 4.69) is 5.32 Å². The van der Waals surface area contributed by atoms with Crippen molar-refractivity contribution in [2.75, 3.05) is 6.54 Å². The highest BCUT2D eigenvalue weighted by molar-refractivity contribution is 6.30. The van der Waals surface area contributed by atoms with Crippen LogP contribution in [0.3, 0.4) is 0 Å². The standard InChI is InChI=1S/C10H9ClFNO/c11-6-3-8-7(9(12)4-6)1-2-13-10(8)5-14/h3-5,10,13H,1-2H2. The average molecular weight is 214 g/mol. The van der Waals surface area contributed by atoms with E-state index < -0.39 is 6.04 Å². The number of benzene rings is 1. The zero-order valence-electron chi connectivity index (χ0n) is 7.39. The van der Waals surface area contributed by atoms with Crippen LogP contribution < -0.4 is 5.32 Å². The van der Waals surface area contributed by atoms with E-state index in [-0.39, 0.29) is 5.82 Å². The van der Waals surface area contributed by atoms with E-state index in [0.717, 1.165) is 6.29 Å². The van der Waals surface area contributed by atoms with Crippen molar-refractivity contribution in [2.24, 2.45) is 0 Å². The van der Waals surface area contributed by atoms with Crippen molar-refractivity contribution in [1.29, 1.82) is 0 Å². The van der Waals surface area contributed by atoms with Crippen molar-refractivity contribution in [3.63, 3.8) is 0 Å². The monoisotopic (exact) mass is 213 g/mol. The number of nitrogens with one attached hydrogen (secondary N) is 1. The van der Waals surface area contributed by atoms with Crippen LogP contribution in [0.2, 0.25) is 5.02 Å². The van der Waals surface area contributed by atoms with Gasteiger partial charge in [0.2, 0.25) is 0 Å². The maximum atomic E-state index is 13.4. The van der Waals surface area contributed by atoms with Gasteiger partial charge in [-0.2, -0.15) is 0 Å². The lowest BCUT2D eigenvalue weighted by atomic mass is 9.95. The Morgan fingerprint density at radius 1 is 1.57 bits per heavy atom. The molecular weight excluding hydrogens is 205 g/mol. The van der Waals surface area contributed by atoms with Gasteiger partial charge in [-0.25, -0.2) is 4.39 Å². The van der Waals surface area contributed by atoms with Crippen molar-refractivity contribution in [2.45, 2.75) is 12.5 Å². The maximum absolute atomic E-state index is 13.4. The first-order chi connectivity index (χ1) is 6.72. The fourth-order valence-corrected chi connectivity index (χ4v) is 1.96. The molecule has 0 radical (unpaired) electrons. The highest BCUT2D eigenvalue weighted by atomic mass is 35.5. The van der Waals surface area contributed by atoms with Crippen molar-refractivity contribution in [1.82, 2.24) is 5.32 Å². The second-order valence-corrected chi connectivity index (χ2v) is 3.71. The van der Waals surface area contributed by atoms with Crippen molar-refractivity contribution < 1.29 is 9.18 Å². The van der Waals surface area contributed by atoms with Crippen molar-refractivity contribution in [3.05, 3.63) is 34.1 Å². The van der Waals surface area contributed by atoms with E-state index in [9.17, 15) is 9.18 Å². The zero-order chi connectivity index (χ0) is 10.1. The number of fused-ring (bicyclic) bond motifs is 1. The number of rotatable bonds is 1. The lowest BCUT2D eigenvalue weighted by Gasteiger charge is -2.23. The van der Waals surface area contributed by atoms with Crippen LogP contribution >= 0.6 is 11.6 Å². The van der Waals surface area contributed by atoms with Gasteiger partial charge in [-0.3, -0.25) is 0 Å². The van der Waals surface area contributed by atoms with Gasteiger partial charge < -0.3 is 10.1 Å². The highest BCUT2D eigenvalue weighted by Gasteiger charge is 2.22. The van der Waals surface area contributed by atoms with E-state index in [1.807, 2.05) is 0 Å². The van der Waals surface area contributed by atoms with Gasteiger partial charge in [-0.1, -0.05) is 11.6 Å². The SMILES string of the molecule is O=CC1NCCc2c(F)cc(Cl)cc21. The smallest absolute Gasteiger partial charge is 0.141 e. The molecule has 1 heterocycles. The third-order valence-electron chi connectivity index (χ3n) is 2.41. The lowest BCUT2D eigenvalue weighted by molar-refractivity contribution is -0.109.